The molecule has 1 aliphatic rings. The van der Waals surface area contributed by atoms with Gasteiger partial charge in [0, 0.05) is 0 Å². The molecule has 0 bridgehead atoms. The quantitative estimate of drug-likeness (QED) is 0.767. The van der Waals surface area contributed by atoms with Gasteiger partial charge in [0.05, 0.1) is 27.4 Å². The van der Waals surface area contributed by atoms with Gasteiger partial charge in [0.25, 0.3) is 0 Å². The van der Waals surface area contributed by atoms with Crippen molar-refractivity contribution >= 4 is 5.97 Å². The van der Waals surface area contributed by atoms with Crippen molar-refractivity contribution in [3.63, 3.8) is 0 Å². The lowest BCUT2D eigenvalue weighted by Gasteiger charge is -2.40. The van der Waals surface area contributed by atoms with Gasteiger partial charge in [-0.05, 0) is 36.6 Å². The van der Waals surface area contributed by atoms with Crippen molar-refractivity contribution in [3.05, 3.63) is 28.8 Å². The van der Waals surface area contributed by atoms with Crippen LogP contribution in [0.4, 0.5) is 0 Å². The zero-order valence-electron chi connectivity index (χ0n) is 11.2. The minimum atomic E-state index is -0.643. The molecule has 4 heteroatoms. The Hall–Kier alpha value is -1.55. The summed E-state index contributed by atoms with van der Waals surface area (Å²) in [4.78, 5) is 12.0. The molecule has 4 nitrogen and oxygen atoms in total. The van der Waals surface area contributed by atoms with E-state index in [0.717, 1.165) is 22.4 Å². The van der Waals surface area contributed by atoms with Gasteiger partial charge >= 0.3 is 5.97 Å². The number of carbonyl (C=O) groups excluding carboxylic acids is 1. The van der Waals surface area contributed by atoms with Crippen LogP contribution in [0.1, 0.15) is 16.7 Å². The van der Waals surface area contributed by atoms with Gasteiger partial charge in [-0.3, -0.25) is 4.79 Å². The zero-order chi connectivity index (χ0) is 13.3. The van der Waals surface area contributed by atoms with Crippen LogP contribution in [0, 0.1) is 13.8 Å². The number of hydrogen-bond donors (Lipinski definition) is 0. The molecule has 1 heterocycles. The molecule has 1 saturated heterocycles. The summed E-state index contributed by atoms with van der Waals surface area (Å²) < 4.78 is 15.4. The highest BCUT2D eigenvalue weighted by atomic mass is 16.5. The van der Waals surface area contributed by atoms with Crippen LogP contribution in [0.15, 0.2) is 12.1 Å². The third-order valence-electron chi connectivity index (χ3n) is 3.75. The van der Waals surface area contributed by atoms with Crippen molar-refractivity contribution in [2.45, 2.75) is 19.3 Å². The van der Waals surface area contributed by atoms with Crippen molar-refractivity contribution in [1.29, 1.82) is 0 Å². The minimum Gasteiger partial charge on any atom is -0.496 e. The first-order valence-electron chi connectivity index (χ1n) is 5.87. The molecule has 0 amide bonds. The van der Waals surface area contributed by atoms with Gasteiger partial charge < -0.3 is 14.2 Å². The third kappa shape index (κ3) is 1.68. The fraction of sp³-hybridized carbons (Fsp3) is 0.500. The van der Waals surface area contributed by atoms with E-state index < -0.39 is 5.41 Å². The Bertz CT molecular complexity index is 475. The second-order valence-electron chi connectivity index (χ2n) is 4.63. The van der Waals surface area contributed by atoms with E-state index in [0.29, 0.717) is 13.2 Å². The number of hydrogen-bond acceptors (Lipinski definition) is 4. The number of rotatable bonds is 3. The molecule has 0 saturated carbocycles. The van der Waals surface area contributed by atoms with Crippen LogP contribution < -0.4 is 4.74 Å². The fourth-order valence-electron chi connectivity index (χ4n) is 2.42. The highest BCUT2D eigenvalue weighted by molar-refractivity contribution is 5.85. The molecule has 18 heavy (non-hydrogen) atoms. The molecule has 0 unspecified atom stereocenters. The Labute approximate surface area is 107 Å². The van der Waals surface area contributed by atoms with Gasteiger partial charge in [0.1, 0.15) is 11.2 Å². The SMILES string of the molecule is COC(=O)C1(c2ccc(OC)c(C)c2C)COC1. The van der Waals surface area contributed by atoms with E-state index in [2.05, 4.69) is 0 Å². The van der Waals surface area contributed by atoms with Crippen molar-refractivity contribution in [2.75, 3.05) is 27.4 Å². The van der Waals surface area contributed by atoms with Crippen LogP contribution in [0.3, 0.4) is 0 Å². The summed E-state index contributed by atoms with van der Waals surface area (Å²) in [7, 11) is 3.05. The lowest BCUT2D eigenvalue weighted by molar-refractivity contribution is -0.166. The average molecular weight is 250 g/mol. The lowest BCUT2D eigenvalue weighted by atomic mass is 9.75. The van der Waals surface area contributed by atoms with Crippen LogP contribution in [-0.2, 0) is 19.7 Å². The number of benzene rings is 1. The molecule has 0 atom stereocenters. The molecule has 0 radical (unpaired) electrons. The Morgan fingerprint density at radius 3 is 2.33 bits per heavy atom. The summed E-state index contributed by atoms with van der Waals surface area (Å²) in [6, 6.07) is 3.82. The van der Waals surface area contributed by atoms with Gasteiger partial charge in [0.2, 0.25) is 0 Å². The Balaban J connectivity index is 2.51. The van der Waals surface area contributed by atoms with Gasteiger partial charge in [-0.25, -0.2) is 0 Å². The maximum Gasteiger partial charge on any atom is 0.321 e. The van der Waals surface area contributed by atoms with Crippen molar-refractivity contribution in [2.24, 2.45) is 0 Å². The Morgan fingerprint density at radius 2 is 1.89 bits per heavy atom. The molecule has 0 aromatic heterocycles. The van der Waals surface area contributed by atoms with Crippen LogP contribution >= 0.6 is 0 Å². The predicted octanol–water partition coefficient (Wildman–Crippen LogP) is 1.75. The lowest BCUT2D eigenvalue weighted by Crippen LogP contribution is -2.54. The molecule has 2 rings (SSSR count). The first kappa shape index (κ1) is 12.9. The van der Waals surface area contributed by atoms with Gasteiger partial charge in [0.15, 0.2) is 0 Å². The van der Waals surface area contributed by atoms with E-state index in [1.807, 2.05) is 26.0 Å². The molecule has 1 aliphatic heterocycles. The molecular formula is C14H18O4. The largest absolute Gasteiger partial charge is 0.496 e. The van der Waals surface area contributed by atoms with Gasteiger partial charge in [-0.1, -0.05) is 6.07 Å². The summed E-state index contributed by atoms with van der Waals surface area (Å²) in [6.45, 7) is 4.75. The second-order valence-corrected chi connectivity index (χ2v) is 4.63. The summed E-state index contributed by atoms with van der Waals surface area (Å²) >= 11 is 0. The predicted molar refractivity (Wildman–Crippen MR) is 67.0 cm³/mol. The molecule has 1 aromatic carbocycles. The van der Waals surface area contributed by atoms with E-state index in [1.54, 1.807) is 7.11 Å². The Morgan fingerprint density at radius 1 is 1.22 bits per heavy atom. The van der Waals surface area contributed by atoms with Crippen LogP contribution in [0.25, 0.3) is 0 Å². The van der Waals surface area contributed by atoms with Crippen molar-refractivity contribution < 1.29 is 19.0 Å². The molecule has 0 aliphatic carbocycles. The summed E-state index contributed by atoms with van der Waals surface area (Å²) in [5.74, 6) is 0.595. The highest BCUT2D eigenvalue weighted by Gasteiger charge is 2.49. The molecule has 0 N–H and O–H groups in total. The number of ether oxygens (including phenoxy) is 3. The second kappa shape index (κ2) is 4.61. The standard InChI is InChI=1S/C14H18O4/c1-9-10(2)12(16-3)6-5-11(9)14(7-18-8-14)13(15)17-4/h5-6H,7-8H2,1-4H3. The smallest absolute Gasteiger partial charge is 0.321 e. The first-order chi connectivity index (χ1) is 8.56. The number of methoxy groups -OCH3 is 2. The molecular weight excluding hydrogens is 232 g/mol. The van der Waals surface area contributed by atoms with E-state index in [9.17, 15) is 4.79 Å². The number of esters is 1. The summed E-state index contributed by atoms with van der Waals surface area (Å²) in [5.41, 5.74) is 2.43. The summed E-state index contributed by atoms with van der Waals surface area (Å²) in [5, 5.41) is 0. The van der Waals surface area contributed by atoms with Crippen LogP contribution in [0.5, 0.6) is 5.75 Å². The van der Waals surface area contributed by atoms with Crippen molar-refractivity contribution in [1.82, 2.24) is 0 Å². The first-order valence-corrected chi connectivity index (χ1v) is 5.87. The maximum atomic E-state index is 12.0. The topological polar surface area (TPSA) is 44.8 Å². The average Bonchev–Trinajstić information content (AvgIpc) is 2.33. The third-order valence-corrected chi connectivity index (χ3v) is 3.75. The van der Waals surface area contributed by atoms with Crippen LogP contribution in [-0.4, -0.2) is 33.4 Å². The normalized spacial score (nSPS) is 16.9. The van der Waals surface area contributed by atoms with Crippen LogP contribution in [0.2, 0.25) is 0 Å². The monoisotopic (exact) mass is 250 g/mol. The summed E-state index contributed by atoms with van der Waals surface area (Å²) in [6.07, 6.45) is 0. The van der Waals surface area contributed by atoms with E-state index in [4.69, 9.17) is 14.2 Å². The maximum absolute atomic E-state index is 12.0. The number of carbonyl (C=O) groups is 1. The van der Waals surface area contributed by atoms with E-state index in [-0.39, 0.29) is 5.97 Å². The van der Waals surface area contributed by atoms with Gasteiger partial charge in [-0.15, -0.1) is 0 Å². The van der Waals surface area contributed by atoms with E-state index in [1.165, 1.54) is 7.11 Å². The molecule has 0 spiro atoms. The molecule has 98 valence electrons. The highest BCUT2D eigenvalue weighted by Crippen LogP contribution is 2.38. The van der Waals surface area contributed by atoms with Crippen molar-refractivity contribution in [3.8, 4) is 5.75 Å². The Kier molecular flexibility index (Phi) is 3.30. The zero-order valence-corrected chi connectivity index (χ0v) is 11.2. The fourth-order valence-corrected chi connectivity index (χ4v) is 2.42. The molecule has 1 fully saturated rings. The minimum absolute atomic E-state index is 0.235. The molecule has 1 aromatic rings. The van der Waals surface area contributed by atoms with E-state index >= 15 is 0 Å². The van der Waals surface area contributed by atoms with Gasteiger partial charge in [-0.2, -0.15) is 0 Å².